The van der Waals surface area contributed by atoms with Crippen LogP contribution in [0.3, 0.4) is 0 Å². The Hall–Kier alpha value is -2.22. The number of aromatic amines is 1. The SMILES string of the molecule is COCCCN1C[C@@]2(CCCN(c3ncc4[nH]cnc4n3)C2)CCC1=O. The highest BCUT2D eigenvalue weighted by atomic mass is 16.5. The first-order valence-corrected chi connectivity index (χ1v) is 9.37. The van der Waals surface area contributed by atoms with Crippen LogP contribution < -0.4 is 4.90 Å². The molecule has 1 N–H and O–H groups in total. The fourth-order valence-electron chi connectivity index (χ4n) is 4.30. The largest absolute Gasteiger partial charge is 0.385 e. The number of carbonyl (C=O) groups excluding carboxylic acids is 1. The van der Waals surface area contributed by atoms with Crippen molar-refractivity contribution in [1.29, 1.82) is 0 Å². The van der Waals surface area contributed by atoms with E-state index in [4.69, 9.17) is 4.74 Å². The van der Waals surface area contributed by atoms with E-state index in [0.29, 0.717) is 18.7 Å². The van der Waals surface area contributed by atoms with Crippen LogP contribution in [-0.4, -0.2) is 70.6 Å². The summed E-state index contributed by atoms with van der Waals surface area (Å²) in [7, 11) is 1.70. The van der Waals surface area contributed by atoms with Gasteiger partial charge in [0.15, 0.2) is 5.65 Å². The fourth-order valence-corrected chi connectivity index (χ4v) is 4.30. The molecule has 8 nitrogen and oxygen atoms in total. The summed E-state index contributed by atoms with van der Waals surface area (Å²) in [6.45, 7) is 4.16. The highest BCUT2D eigenvalue weighted by Crippen LogP contribution is 2.39. The fraction of sp³-hybridized carbons (Fsp3) is 0.667. The van der Waals surface area contributed by atoms with E-state index in [0.717, 1.165) is 63.3 Å². The minimum absolute atomic E-state index is 0.142. The number of hydrogen-bond donors (Lipinski definition) is 1. The molecule has 2 saturated heterocycles. The summed E-state index contributed by atoms with van der Waals surface area (Å²) in [4.78, 5) is 33.0. The monoisotopic (exact) mass is 358 g/mol. The van der Waals surface area contributed by atoms with Gasteiger partial charge >= 0.3 is 0 Å². The lowest BCUT2D eigenvalue weighted by atomic mass is 9.73. The number of ether oxygens (including phenoxy) is 1. The Kier molecular flexibility index (Phi) is 4.76. The number of aromatic nitrogens is 4. The third-order valence-corrected chi connectivity index (χ3v) is 5.63. The van der Waals surface area contributed by atoms with Gasteiger partial charge in [-0.05, 0) is 25.7 Å². The van der Waals surface area contributed by atoms with Crippen molar-refractivity contribution in [3.63, 3.8) is 0 Å². The zero-order valence-electron chi connectivity index (χ0n) is 15.3. The van der Waals surface area contributed by atoms with Crippen LogP contribution in [0.4, 0.5) is 5.95 Å². The summed E-state index contributed by atoms with van der Waals surface area (Å²) in [5.41, 5.74) is 1.70. The highest BCUT2D eigenvalue weighted by Gasteiger charge is 2.42. The summed E-state index contributed by atoms with van der Waals surface area (Å²) >= 11 is 0. The molecule has 2 aromatic rings. The lowest BCUT2D eigenvalue weighted by Crippen LogP contribution is -2.54. The number of imidazole rings is 1. The number of fused-ring (bicyclic) bond motifs is 1. The molecular weight excluding hydrogens is 332 g/mol. The molecule has 26 heavy (non-hydrogen) atoms. The van der Waals surface area contributed by atoms with Crippen LogP contribution in [0.2, 0.25) is 0 Å². The number of anilines is 1. The third-order valence-electron chi connectivity index (χ3n) is 5.63. The van der Waals surface area contributed by atoms with E-state index in [1.54, 1.807) is 19.6 Å². The lowest BCUT2D eigenvalue weighted by Gasteiger charge is -2.48. The Morgan fingerprint density at radius 2 is 2.23 bits per heavy atom. The van der Waals surface area contributed by atoms with Gasteiger partial charge in [0.25, 0.3) is 0 Å². The van der Waals surface area contributed by atoms with Crippen LogP contribution in [0.25, 0.3) is 11.2 Å². The van der Waals surface area contributed by atoms with Crippen molar-refractivity contribution in [2.45, 2.75) is 32.1 Å². The van der Waals surface area contributed by atoms with E-state index in [-0.39, 0.29) is 11.3 Å². The standard InChI is InChI=1S/C18H26N6O2/c1-26-9-3-8-23-11-18(6-4-15(23)25)5-2-7-24(12-18)17-19-10-14-16(22-17)21-13-20-14/h10,13H,2-9,11-12H2,1H3,(H,19,20,21,22)/t18-/m1/s1. The molecule has 0 bridgehead atoms. The zero-order valence-corrected chi connectivity index (χ0v) is 15.3. The Labute approximate surface area is 153 Å². The van der Waals surface area contributed by atoms with Crippen molar-refractivity contribution >= 4 is 23.0 Å². The zero-order chi connectivity index (χ0) is 18.0. The first kappa shape index (κ1) is 17.2. The van der Waals surface area contributed by atoms with Gasteiger partial charge in [-0.25, -0.2) is 9.97 Å². The molecule has 2 fully saturated rings. The molecule has 0 radical (unpaired) electrons. The van der Waals surface area contributed by atoms with Crippen molar-refractivity contribution < 1.29 is 9.53 Å². The van der Waals surface area contributed by atoms with Crippen molar-refractivity contribution in [3.8, 4) is 0 Å². The Morgan fingerprint density at radius 3 is 3.12 bits per heavy atom. The normalized spacial score (nSPS) is 24.0. The molecule has 2 aliphatic heterocycles. The number of rotatable bonds is 5. The predicted molar refractivity (Wildman–Crippen MR) is 97.9 cm³/mol. The van der Waals surface area contributed by atoms with Gasteiger partial charge in [-0.2, -0.15) is 4.98 Å². The average Bonchev–Trinajstić information content (AvgIpc) is 3.13. The number of piperidine rings is 2. The molecule has 4 rings (SSSR count). The molecule has 0 aliphatic carbocycles. The second-order valence-corrected chi connectivity index (χ2v) is 7.50. The molecule has 4 heterocycles. The molecule has 0 unspecified atom stereocenters. The van der Waals surface area contributed by atoms with E-state index in [2.05, 4.69) is 24.8 Å². The molecule has 140 valence electrons. The third kappa shape index (κ3) is 3.38. The lowest BCUT2D eigenvalue weighted by molar-refractivity contribution is -0.138. The summed E-state index contributed by atoms with van der Waals surface area (Å²) in [5, 5.41) is 0. The van der Waals surface area contributed by atoms with E-state index in [1.807, 2.05) is 4.90 Å². The number of carbonyl (C=O) groups is 1. The summed E-state index contributed by atoms with van der Waals surface area (Å²) < 4.78 is 5.14. The molecule has 1 amide bonds. The minimum atomic E-state index is 0.142. The molecule has 8 heteroatoms. The number of H-pyrrole nitrogens is 1. The number of amides is 1. The minimum Gasteiger partial charge on any atom is -0.385 e. The summed E-state index contributed by atoms with van der Waals surface area (Å²) in [5.74, 6) is 1.02. The molecule has 2 aromatic heterocycles. The summed E-state index contributed by atoms with van der Waals surface area (Å²) in [6.07, 6.45) is 8.18. The van der Waals surface area contributed by atoms with Crippen molar-refractivity contribution in [2.24, 2.45) is 5.41 Å². The Morgan fingerprint density at radius 1 is 1.31 bits per heavy atom. The van der Waals surface area contributed by atoms with E-state index < -0.39 is 0 Å². The van der Waals surface area contributed by atoms with Crippen LogP contribution in [0.15, 0.2) is 12.5 Å². The number of methoxy groups -OCH3 is 1. The van der Waals surface area contributed by atoms with Crippen LogP contribution in [0.1, 0.15) is 32.1 Å². The first-order valence-electron chi connectivity index (χ1n) is 9.37. The molecule has 2 aliphatic rings. The van der Waals surface area contributed by atoms with Gasteiger partial charge in [-0.1, -0.05) is 0 Å². The van der Waals surface area contributed by atoms with E-state index >= 15 is 0 Å². The van der Waals surface area contributed by atoms with Crippen LogP contribution in [-0.2, 0) is 9.53 Å². The maximum atomic E-state index is 12.3. The number of nitrogens with one attached hydrogen (secondary N) is 1. The predicted octanol–water partition coefficient (Wildman–Crippen LogP) is 1.60. The highest BCUT2D eigenvalue weighted by molar-refractivity contribution is 5.77. The maximum Gasteiger partial charge on any atom is 0.227 e. The van der Waals surface area contributed by atoms with Crippen LogP contribution >= 0.6 is 0 Å². The first-order chi connectivity index (χ1) is 12.7. The van der Waals surface area contributed by atoms with Gasteiger partial charge in [-0.3, -0.25) is 4.79 Å². The molecule has 1 spiro atoms. The number of hydrogen-bond acceptors (Lipinski definition) is 6. The van der Waals surface area contributed by atoms with Gasteiger partial charge < -0.3 is 19.5 Å². The Bertz CT molecular complexity index is 778. The van der Waals surface area contributed by atoms with Crippen LogP contribution in [0.5, 0.6) is 0 Å². The smallest absolute Gasteiger partial charge is 0.227 e. The van der Waals surface area contributed by atoms with Gasteiger partial charge in [0.2, 0.25) is 11.9 Å². The number of likely N-dealkylation sites (tertiary alicyclic amines) is 1. The van der Waals surface area contributed by atoms with Crippen molar-refractivity contribution in [3.05, 3.63) is 12.5 Å². The van der Waals surface area contributed by atoms with Gasteiger partial charge in [0, 0.05) is 51.7 Å². The second kappa shape index (κ2) is 7.19. The Balaban J connectivity index is 1.48. The van der Waals surface area contributed by atoms with E-state index in [9.17, 15) is 4.79 Å². The van der Waals surface area contributed by atoms with Gasteiger partial charge in [-0.15, -0.1) is 0 Å². The molecule has 0 aromatic carbocycles. The quantitative estimate of drug-likeness (QED) is 0.817. The average molecular weight is 358 g/mol. The van der Waals surface area contributed by atoms with Crippen molar-refractivity contribution in [2.75, 3.05) is 44.8 Å². The second-order valence-electron chi connectivity index (χ2n) is 7.50. The van der Waals surface area contributed by atoms with Crippen LogP contribution in [0, 0.1) is 5.41 Å². The maximum absolute atomic E-state index is 12.3. The molecule has 1 atom stereocenters. The molecular formula is C18H26N6O2. The topological polar surface area (TPSA) is 87.2 Å². The molecule has 0 saturated carbocycles. The van der Waals surface area contributed by atoms with E-state index in [1.165, 1.54) is 0 Å². The number of nitrogens with zero attached hydrogens (tertiary/aromatic N) is 5. The van der Waals surface area contributed by atoms with Gasteiger partial charge in [0.1, 0.15) is 5.52 Å². The summed E-state index contributed by atoms with van der Waals surface area (Å²) in [6, 6.07) is 0. The van der Waals surface area contributed by atoms with Gasteiger partial charge in [0.05, 0.1) is 12.5 Å². The van der Waals surface area contributed by atoms with Crippen molar-refractivity contribution in [1.82, 2.24) is 24.8 Å².